The summed E-state index contributed by atoms with van der Waals surface area (Å²) in [6.45, 7) is 3.64. The monoisotopic (exact) mass is 174 g/mol. The van der Waals surface area contributed by atoms with E-state index in [1.54, 1.807) is 6.92 Å². The average Bonchev–Trinajstić information content (AvgIpc) is 1.82. The van der Waals surface area contributed by atoms with Crippen LogP contribution in [0.1, 0.15) is 26.2 Å². The van der Waals surface area contributed by atoms with Crippen molar-refractivity contribution in [3.05, 3.63) is 0 Å². The van der Waals surface area contributed by atoms with Crippen molar-refractivity contribution in [1.29, 1.82) is 0 Å². The van der Waals surface area contributed by atoms with E-state index in [9.17, 15) is 9.59 Å². The van der Waals surface area contributed by atoms with Crippen LogP contribution in [-0.2, 0) is 14.3 Å². The number of carbonyl (C=O) groups excluding carboxylic acids is 1. The Morgan fingerprint density at radius 1 is 1.42 bits per heavy atom. The number of carboxylic acid groups (broad SMARTS) is 1. The quantitative estimate of drug-likeness (QED) is 0.644. The summed E-state index contributed by atoms with van der Waals surface area (Å²) in [7, 11) is 0. The van der Waals surface area contributed by atoms with E-state index in [1.165, 1.54) is 6.42 Å². The van der Waals surface area contributed by atoms with E-state index >= 15 is 0 Å². The first kappa shape index (κ1) is 11.1. The summed E-state index contributed by atoms with van der Waals surface area (Å²) in [4.78, 5) is 20.0. The lowest BCUT2D eigenvalue weighted by Gasteiger charge is -2.09. The van der Waals surface area contributed by atoms with E-state index in [0.29, 0.717) is 6.42 Å². The van der Waals surface area contributed by atoms with Gasteiger partial charge in [0, 0.05) is 19.6 Å². The SMILES string of the molecule is C1COC1.CCC(=O)CC(=O)O. The molecule has 4 heteroatoms. The Bertz CT molecular complexity index is 145. The van der Waals surface area contributed by atoms with Crippen LogP contribution >= 0.6 is 0 Å². The van der Waals surface area contributed by atoms with Gasteiger partial charge in [-0.1, -0.05) is 6.92 Å². The molecule has 1 N–H and O–H groups in total. The Hall–Kier alpha value is -0.900. The summed E-state index contributed by atoms with van der Waals surface area (Å²) in [6, 6.07) is 0. The smallest absolute Gasteiger partial charge is 0.310 e. The summed E-state index contributed by atoms with van der Waals surface area (Å²) < 4.78 is 4.72. The van der Waals surface area contributed by atoms with Gasteiger partial charge in [-0.15, -0.1) is 0 Å². The van der Waals surface area contributed by atoms with Crippen molar-refractivity contribution in [3.63, 3.8) is 0 Å². The number of carboxylic acids is 1. The minimum absolute atomic E-state index is 0.225. The summed E-state index contributed by atoms with van der Waals surface area (Å²) in [5.74, 6) is -1.27. The van der Waals surface area contributed by atoms with E-state index in [0.717, 1.165) is 13.2 Å². The molecule has 0 aromatic heterocycles. The van der Waals surface area contributed by atoms with E-state index in [2.05, 4.69) is 0 Å². The fourth-order valence-electron chi connectivity index (χ4n) is 0.438. The number of carbonyl (C=O) groups is 2. The molecule has 0 aromatic carbocycles. The van der Waals surface area contributed by atoms with Crippen molar-refractivity contribution in [2.75, 3.05) is 13.2 Å². The molecule has 0 aliphatic carbocycles. The summed E-state index contributed by atoms with van der Waals surface area (Å²) >= 11 is 0. The lowest BCUT2D eigenvalue weighted by molar-refractivity contribution is -0.140. The number of ether oxygens (including phenoxy) is 1. The van der Waals surface area contributed by atoms with Crippen LogP contribution in [0.2, 0.25) is 0 Å². The first-order chi connectivity index (χ1) is 5.66. The molecule has 0 aromatic rings. The predicted molar refractivity (Wildman–Crippen MR) is 43.0 cm³/mol. The molecule has 0 amide bonds. The Morgan fingerprint density at radius 2 is 1.83 bits per heavy atom. The van der Waals surface area contributed by atoms with Gasteiger partial charge in [0.25, 0.3) is 0 Å². The van der Waals surface area contributed by atoms with Gasteiger partial charge in [0.15, 0.2) is 0 Å². The highest BCUT2D eigenvalue weighted by Crippen LogP contribution is 1.93. The van der Waals surface area contributed by atoms with Gasteiger partial charge in [-0.25, -0.2) is 0 Å². The van der Waals surface area contributed by atoms with Crippen molar-refractivity contribution in [2.24, 2.45) is 0 Å². The van der Waals surface area contributed by atoms with E-state index < -0.39 is 5.97 Å². The summed E-state index contributed by atoms with van der Waals surface area (Å²) in [5, 5.41) is 7.99. The maximum absolute atomic E-state index is 10.2. The average molecular weight is 174 g/mol. The molecule has 1 rings (SSSR count). The Balaban J connectivity index is 0.000000247. The minimum Gasteiger partial charge on any atom is -0.481 e. The van der Waals surface area contributed by atoms with Crippen LogP contribution in [-0.4, -0.2) is 30.1 Å². The zero-order chi connectivity index (χ0) is 9.40. The summed E-state index contributed by atoms with van der Waals surface area (Å²) in [5.41, 5.74) is 0. The minimum atomic E-state index is -1.04. The zero-order valence-electron chi connectivity index (χ0n) is 7.21. The van der Waals surface area contributed by atoms with Crippen LogP contribution < -0.4 is 0 Å². The van der Waals surface area contributed by atoms with Crippen molar-refractivity contribution in [1.82, 2.24) is 0 Å². The number of hydrogen-bond donors (Lipinski definition) is 1. The van der Waals surface area contributed by atoms with E-state index in [-0.39, 0.29) is 12.2 Å². The van der Waals surface area contributed by atoms with Crippen LogP contribution in [0, 0.1) is 0 Å². The molecule has 0 spiro atoms. The molecule has 0 saturated carbocycles. The number of Topliss-reactive ketones (excluding diaryl/α,β-unsaturated/α-hetero) is 1. The van der Waals surface area contributed by atoms with Crippen molar-refractivity contribution >= 4 is 11.8 Å². The number of ketones is 1. The third kappa shape index (κ3) is 7.21. The van der Waals surface area contributed by atoms with Crippen molar-refractivity contribution in [2.45, 2.75) is 26.2 Å². The molecule has 1 heterocycles. The molecule has 4 nitrogen and oxygen atoms in total. The molecular formula is C8H14O4. The fraction of sp³-hybridized carbons (Fsp3) is 0.750. The molecule has 0 unspecified atom stereocenters. The van der Waals surface area contributed by atoms with Crippen molar-refractivity contribution in [3.8, 4) is 0 Å². The standard InChI is InChI=1S/C5H8O3.C3H6O/c1-2-4(6)3-5(7)8;1-2-4-3-1/h2-3H2,1H3,(H,7,8);1-3H2. The molecule has 1 aliphatic heterocycles. The second-order valence-electron chi connectivity index (χ2n) is 2.43. The van der Waals surface area contributed by atoms with Gasteiger partial charge in [-0.05, 0) is 6.42 Å². The molecule has 0 atom stereocenters. The van der Waals surface area contributed by atoms with Gasteiger partial charge in [0.2, 0.25) is 0 Å². The molecule has 1 aliphatic rings. The molecule has 0 bridgehead atoms. The molecule has 1 saturated heterocycles. The normalized spacial score (nSPS) is 13.8. The lowest BCUT2D eigenvalue weighted by atomic mass is 10.2. The Morgan fingerprint density at radius 3 is 1.92 bits per heavy atom. The van der Waals surface area contributed by atoms with Gasteiger partial charge < -0.3 is 9.84 Å². The highest BCUT2D eigenvalue weighted by Gasteiger charge is 2.02. The molecular weight excluding hydrogens is 160 g/mol. The fourth-order valence-corrected chi connectivity index (χ4v) is 0.438. The van der Waals surface area contributed by atoms with Gasteiger partial charge >= 0.3 is 5.97 Å². The topological polar surface area (TPSA) is 63.6 Å². The second-order valence-corrected chi connectivity index (χ2v) is 2.43. The summed E-state index contributed by atoms with van der Waals surface area (Å²) in [6.07, 6.45) is 1.25. The largest absolute Gasteiger partial charge is 0.481 e. The van der Waals surface area contributed by atoms with Gasteiger partial charge in [-0.3, -0.25) is 9.59 Å². The van der Waals surface area contributed by atoms with Gasteiger partial charge in [0.05, 0.1) is 0 Å². The first-order valence-corrected chi connectivity index (χ1v) is 3.98. The van der Waals surface area contributed by atoms with Crippen LogP contribution in [0.25, 0.3) is 0 Å². The second kappa shape index (κ2) is 6.79. The van der Waals surface area contributed by atoms with Crippen LogP contribution in [0.4, 0.5) is 0 Å². The van der Waals surface area contributed by atoms with E-state index in [1.807, 2.05) is 0 Å². The molecule has 70 valence electrons. The highest BCUT2D eigenvalue weighted by atomic mass is 16.5. The number of hydrogen-bond acceptors (Lipinski definition) is 3. The van der Waals surface area contributed by atoms with E-state index in [4.69, 9.17) is 9.84 Å². The first-order valence-electron chi connectivity index (χ1n) is 3.98. The number of rotatable bonds is 3. The van der Waals surface area contributed by atoms with Gasteiger partial charge in [0.1, 0.15) is 12.2 Å². The van der Waals surface area contributed by atoms with Crippen LogP contribution in [0.15, 0.2) is 0 Å². The van der Waals surface area contributed by atoms with Gasteiger partial charge in [-0.2, -0.15) is 0 Å². The van der Waals surface area contributed by atoms with Crippen LogP contribution in [0.3, 0.4) is 0 Å². The molecule has 12 heavy (non-hydrogen) atoms. The maximum Gasteiger partial charge on any atom is 0.310 e. The number of aliphatic carboxylic acids is 1. The highest BCUT2D eigenvalue weighted by molar-refractivity contribution is 5.94. The molecule has 0 radical (unpaired) electrons. The van der Waals surface area contributed by atoms with Crippen LogP contribution in [0.5, 0.6) is 0 Å². The third-order valence-corrected chi connectivity index (χ3v) is 1.32. The maximum atomic E-state index is 10.2. The molecule has 1 fully saturated rings. The predicted octanol–water partition coefficient (Wildman–Crippen LogP) is 0.847. The Labute approximate surface area is 71.5 Å². The zero-order valence-corrected chi connectivity index (χ0v) is 7.21. The van der Waals surface area contributed by atoms with Crippen molar-refractivity contribution < 1.29 is 19.4 Å². The lowest BCUT2D eigenvalue weighted by Crippen LogP contribution is -2.09. The Kier molecular flexibility index (Phi) is 6.28. The third-order valence-electron chi connectivity index (χ3n) is 1.32.